The quantitative estimate of drug-likeness (QED) is 0.390. The molecule has 0 aliphatic carbocycles. The molecule has 2 aromatic carbocycles. The second kappa shape index (κ2) is 8.91. The number of methoxy groups -OCH3 is 1. The molecule has 154 valence electrons. The van der Waals surface area contributed by atoms with Crippen LogP contribution in [0.2, 0.25) is 0 Å². The highest BCUT2D eigenvalue weighted by molar-refractivity contribution is 5.82. The van der Waals surface area contributed by atoms with Gasteiger partial charge in [-0.05, 0) is 35.9 Å². The van der Waals surface area contributed by atoms with Crippen LogP contribution in [0.4, 0.5) is 24.5 Å². The van der Waals surface area contributed by atoms with Gasteiger partial charge < -0.3 is 15.2 Å². The number of nitrogens with two attached hydrogens (primary N) is 1. The Hall–Kier alpha value is -3.83. The number of hydrazone groups is 1. The van der Waals surface area contributed by atoms with Crippen LogP contribution in [-0.4, -0.2) is 30.8 Å². The fourth-order valence-electron chi connectivity index (χ4n) is 2.16. The Kier molecular flexibility index (Phi) is 6.59. The van der Waals surface area contributed by atoms with Gasteiger partial charge in [-0.2, -0.15) is 18.3 Å². The third-order valence-corrected chi connectivity index (χ3v) is 3.48. The molecule has 0 aliphatic rings. The molecule has 0 radical (unpaired) electrons. The van der Waals surface area contributed by atoms with Gasteiger partial charge in [0.1, 0.15) is 5.69 Å². The van der Waals surface area contributed by atoms with E-state index >= 15 is 0 Å². The van der Waals surface area contributed by atoms with Crippen molar-refractivity contribution < 1.29 is 32.4 Å². The molecule has 2 aromatic rings. The lowest BCUT2D eigenvalue weighted by atomic mass is 10.1. The van der Waals surface area contributed by atoms with Gasteiger partial charge in [0, 0.05) is 6.07 Å². The van der Waals surface area contributed by atoms with E-state index in [9.17, 15) is 28.1 Å². The maximum atomic E-state index is 12.7. The van der Waals surface area contributed by atoms with Gasteiger partial charge in [-0.1, -0.05) is 0 Å². The molecular weight excluding hydrogens is 397 g/mol. The van der Waals surface area contributed by atoms with E-state index < -0.39 is 28.3 Å². The first-order valence-corrected chi connectivity index (χ1v) is 7.85. The summed E-state index contributed by atoms with van der Waals surface area (Å²) in [5.74, 6) is -0.134. The average Bonchev–Trinajstić information content (AvgIpc) is 2.65. The molecule has 0 heterocycles. The molecule has 3 N–H and O–H groups in total. The van der Waals surface area contributed by atoms with E-state index in [4.69, 9.17) is 15.2 Å². The third-order valence-electron chi connectivity index (χ3n) is 3.48. The lowest BCUT2D eigenvalue weighted by Crippen LogP contribution is -2.20. The lowest BCUT2D eigenvalue weighted by molar-refractivity contribution is -0.384. The molecule has 29 heavy (non-hydrogen) atoms. The Balaban J connectivity index is 2.19. The van der Waals surface area contributed by atoms with Gasteiger partial charge >= 0.3 is 6.18 Å². The van der Waals surface area contributed by atoms with Gasteiger partial charge in [-0.15, -0.1) is 0 Å². The highest BCUT2D eigenvalue weighted by atomic mass is 19.4. The zero-order chi connectivity index (χ0) is 21.6. The Morgan fingerprint density at radius 1 is 1.28 bits per heavy atom. The fraction of sp³-hybridized carbons (Fsp3) is 0.176. The molecule has 1 amide bonds. The van der Waals surface area contributed by atoms with Crippen molar-refractivity contribution in [3.05, 3.63) is 57.6 Å². The number of carbonyl (C=O) groups is 1. The Morgan fingerprint density at radius 3 is 2.59 bits per heavy atom. The van der Waals surface area contributed by atoms with Gasteiger partial charge in [0.2, 0.25) is 0 Å². The molecule has 0 spiro atoms. The van der Waals surface area contributed by atoms with Crippen LogP contribution in [0.15, 0.2) is 41.5 Å². The highest BCUT2D eigenvalue weighted by Crippen LogP contribution is 2.35. The molecular formula is C17H15F3N4O5. The number of ether oxygens (including phenoxy) is 2. The summed E-state index contributed by atoms with van der Waals surface area (Å²) in [6.45, 7) is -0.344. The molecule has 0 aliphatic heterocycles. The molecule has 0 bridgehead atoms. The molecule has 0 fully saturated rings. The van der Waals surface area contributed by atoms with E-state index in [1.54, 1.807) is 6.07 Å². The maximum Gasteiger partial charge on any atom is 0.416 e. The van der Waals surface area contributed by atoms with Crippen molar-refractivity contribution in [2.45, 2.75) is 6.18 Å². The van der Waals surface area contributed by atoms with Gasteiger partial charge in [0.15, 0.2) is 18.1 Å². The summed E-state index contributed by atoms with van der Waals surface area (Å²) in [6, 6.07) is 6.59. The topological polar surface area (TPSA) is 129 Å². The van der Waals surface area contributed by atoms with E-state index in [1.807, 2.05) is 0 Å². The number of hydrogen-bond donors (Lipinski definition) is 2. The van der Waals surface area contributed by atoms with E-state index in [2.05, 4.69) is 10.5 Å². The number of nitrogens with zero attached hydrogens (tertiary/aromatic N) is 2. The van der Waals surface area contributed by atoms with Crippen molar-refractivity contribution >= 4 is 23.5 Å². The molecule has 0 saturated carbocycles. The number of nitrogens with one attached hydrogen (secondary N) is 1. The minimum atomic E-state index is -4.71. The zero-order valence-electron chi connectivity index (χ0n) is 14.9. The molecule has 0 aromatic heterocycles. The smallest absolute Gasteiger partial charge is 0.416 e. The van der Waals surface area contributed by atoms with Crippen LogP contribution in [0.5, 0.6) is 11.5 Å². The number of nitro benzene ring substituents is 1. The number of benzene rings is 2. The van der Waals surface area contributed by atoms with E-state index in [-0.39, 0.29) is 23.8 Å². The van der Waals surface area contributed by atoms with Gasteiger partial charge in [0.05, 0.1) is 23.8 Å². The maximum absolute atomic E-state index is 12.7. The van der Waals surface area contributed by atoms with Crippen LogP contribution < -0.4 is 20.6 Å². The number of alkyl halides is 3. The Labute approximate surface area is 162 Å². The van der Waals surface area contributed by atoms with E-state index in [0.717, 1.165) is 6.07 Å². The number of amides is 1. The summed E-state index contributed by atoms with van der Waals surface area (Å²) in [6.07, 6.45) is -3.44. The minimum Gasteiger partial charge on any atom is -0.493 e. The summed E-state index contributed by atoms with van der Waals surface area (Å²) in [5, 5.41) is 14.8. The van der Waals surface area contributed by atoms with Crippen molar-refractivity contribution in [1.29, 1.82) is 0 Å². The van der Waals surface area contributed by atoms with Crippen molar-refractivity contribution in [2.75, 3.05) is 19.1 Å². The molecule has 12 heteroatoms. The first-order valence-electron chi connectivity index (χ1n) is 7.85. The number of hydrogen-bond acceptors (Lipinski definition) is 7. The predicted molar refractivity (Wildman–Crippen MR) is 97.0 cm³/mol. The normalized spacial score (nSPS) is 11.3. The van der Waals surface area contributed by atoms with Crippen molar-refractivity contribution in [1.82, 2.24) is 0 Å². The van der Waals surface area contributed by atoms with Crippen LogP contribution in [-0.2, 0) is 11.0 Å². The molecule has 0 saturated heterocycles. The van der Waals surface area contributed by atoms with Gasteiger partial charge in [-0.3, -0.25) is 20.3 Å². The summed E-state index contributed by atoms with van der Waals surface area (Å²) in [5.41, 5.74) is 5.70. The number of halogens is 3. The summed E-state index contributed by atoms with van der Waals surface area (Å²) in [7, 11) is 1.37. The van der Waals surface area contributed by atoms with E-state index in [0.29, 0.717) is 17.7 Å². The fourth-order valence-corrected chi connectivity index (χ4v) is 2.16. The summed E-state index contributed by atoms with van der Waals surface area (Å²) in [4.78, 5) is 20.9. The SMILES string of the molecule is COc1cc(/C=N\Nc2ccc(C(F)(F)F)cc2[N+](=O)[O-])ccc1OCC(N)=O. The summed E-state index contributed by atoms with van der Waals surface area (Å²) < 4.78 is 48.5. The van der Waals surface area contributed by atoms with E-state index in [1.165, 1.54) is 25.5 Å². The molecule has 9 nitrogen and oxygen atoms in total. The second-order valence-electron chi connectivity index (χ2n) is 5.52. The van der Waals surface area contributed by atoms with Gasteiger partial charge in [0.25, 0.3) is 11.6 Å². The van der Waals surface area contributed by atoms with Crippen LogP contribution in [0, 0.1) is 10.1 Å². The van der Waals surface area contributed by atoms with Crippen molar-refractivity contribution in [2.24, 2.45) is 10.8 Å². The lowest BCUT2D eigenvalue weighted by Gasteiger charge is -2.10. The number of carbonyl (C=O) groups excluding carboxylic acids is 1. The Bertz CT molecular complexity index is 947. The zero-order valence-corrected chi connectivity index (χ0v) is 14.9. The van der Waals surface area contributed by atoms with Crippen LogP contribution in [0.25, 0.3) is 0 Å². The standard InChI is InChI=1S/C17H15F3N4O5/c1-28-15-6-10(2-5-14(15)29-9-16(21)25)8-22-23-12-4-3-11(17(18,19)20)7-13(12)24(26)27/h2-8,23H,9H2,1H3,(H2,21,25)/b22-8-. The van der Waals surface area contributed by atoms with Crippen molar-refractivity contribution in [3.63, 3.8) is 0 Å². The molecule has 2 rings (SSSR count). The number of anilines is 1. The monoisotopic (exact) mass is 412 g/mol. The number of primary amides is 1. The van der Waals surface area contributed by atoms with Crippen molar-refractivity contribution in [3.8, 4) is 11.5 Å². The average molecular weight is 412 g/mol. The molecule has 0 unspecified atom stereocenters. The number of nitro groups is 1. The predicted octanol–water partition coefficient (Wildman–Crippen LogP) is 2.93. The minimum absolute atomic E-state index is 0.215. The Morgan fingerprint density at radius 2 is 2.00 bits per heavy atom. The first kappa shape index (κ1) is 21.5. The van der Waals surface area contributed by atoms with Crippen LogP contribution in [0.1, 0.15) is 11.1 Å². The van der Waals surface area contributed by atoms with Crippen LogP contribution >= 0.6 is 0 Å². The largest absolute Gasteiger partial charge is 0.493 e. The highest BCUT2D eigenvalue weighted by Gasteiger charge is 2.33. The molecule has 0 atom stereocenters. The number of rotatable bonds is 8. The first-order chi connectivity index (χ1) is 13.6. The van der Waals surface area contributed by atoms with Crippen LogP contribution in [0.3, 0.4) is 0 Å². The second-order valence-corrected chi connectivity index (χ2v) is 5.52. The third kappa shape index (κ3) is 5.82. The van der Waals surface area contributed by atoms with Gasteiger partial charge in [-0.25, -0.2) is 0 Å². The summed E-state index contributed by atoms with van der Waals surface area (Å²) >= 11 is 0.